The van der Waals surface area contributed by atoms with Gasteiger partial charge in [0.2, 0.25) is 10.0 Å². The number of piperidine rings is 1. The first-order valence-corrected chi connectivity index (χ1v) is 18.7. The van der Waals surface area contributed by atoms with E-state index in [0.717, 1.165) is 21.1 Å². The van der Waals surface area contributed by atoms with E-state index in [2.05, 4.69) is 27.0 Å². The molecule has 47 heavy (non-hydrogen) atoms. The average Bonchev–Trinajstić information content (AvgIpc) is 3.65. The number of fused-ring (bicyclic) bond motifs is 3. The lowest BCUT2D eigenvalue weighted by Crippen LogP contribution is -2.47. The molecule has 0 bridgehead atoms. The van der Waals surface area contributed by atoms with E-state index in [1.54, 1.807) is 45.0 Å². The summed E-state index contributed by atoms with van der Waals surface area (Å²) in [4.78, 5) is 28.6. The summed E-state index contributed by atoms with van der Waals surface area (Å²) in [6.45, 7) is 7.18. The van der Waals surface area contributed by atoms with Crippen LogP contribution in [0.25, 0.3) is 22.1 Å². The molecule has 2 aromatic carbocycles. The Morgan fingerprint density at radius 2 is 1.64 bits per heavy atom. The van der Waals surface area contributed by atoms with Gasteiger partial charge in [-0.2, -0.15) is 4.31 Å². The maximum atomic E-state index is 13.6. The van der Waals surface area contributed by atoms with Crippen LogP contribution in [0.3, 0.4) is 0 Å². The monoisotopic (exact) mass is 678 g/mol. The fourth-order valence-corrected chi connectivity index (χ4v) is 8.46. The van der Waals surface area contributed by atoms with E-state index < -0.39 is 37.8 Å². The van der Waals surface area contributed by atoms with Gasteiger partial charge < -0.3 is 9.72 Å². The fraction of sp³-hybridized carbons (Fsp3) is 0.364. The summed E-state index contributed by atoms with van der Waals surface area (Å²) in [6.07, 6.45) is 4.11. The number of aromatic nitrogens is 4. The molecule has 5 aromatic rings. The number of nitrogens with zero attached hydrogens (tertiary/aromatic N) is 5. The van der Waals surface area contributed by atoms with E-state index in [9.17, 15) is 21.6 Å². The topological polar surface area (TPSA) is 148 Å². The molecule has 1 unspecified atom stereocenters. The lowest BCUT2D eigenvalue weighted by atomic mass is 9.88. The van der Waals surface area contributed by atoms with Gasteiger partial charge in [-0.25, -0.2) is 35.6 Å². The number of hydrogen-bond donors (Lipinski definition) is 1. The van der Waals surface area contributed by atoms with Crippen LogP contribution in [-0.2, 0) is 31.3 Å². The number of rotatable bonds is 8. The molecule has 1 amide bonds. The van der Waals surface area contributed by atoms with Crippen molar-refractivity contribution in [1.29, 1.82) is 0 Å². The number of hydrogen-bond acceptors (Lipinski definition) is 9. The van der Waals surface area contributed by atoms with Gasteiger partial charge in [0.25, 0.3) is 10.0 Å². The van der Waals surface area contributed by atoms with Crippen molar-refractivity contribution < 1.29 is 26.4 Å². The predicted octanol–water partition coefficient (Wildman–Crippen LogP) is 5.30. The summed E-state index contributed by atoms with van der Waals surface area (Å²) in [5, 5.41) is 0.462. The number of H-pyrrole nitrogens is 1. The van der Waals surface area contributed by atoms with E-state index in [-0.39, 0.29) is 22.3 Å². The number of ether oxygens (including phenoxy) is 1. The molecule has 12 nitrogen and oxygen atoms in total. The van der Waals surface area contributed by atoms with Crippen LogP contribution in [0.1, 0.15) is 51.0 Å². The lowest BCUT2D eigenvalue weighted by Gasteiger charge is -2.39. The number of benzene rings is 2. The van der Waals surface area contributed by atoms with E-state index >= 15 is 0 Å². The molecule has 0 aliphatic carbocycles. The van der Waals surface area contributed by atoms with Gasteiger partial charge in [0, 0.05) is 18.1 Å². The highest BCUT2D eigenvalue weighted by molar-refractivity contribution is 7.90. The van der Waals surface area contributed by atoms with E-state index in [4.69, 9.17) is 9.72 Å². The SMILES string of the molecule is CC(C)(C)OC(=O)N(C(c1nc2c(cnc3c2ccn3S(=O)(=O)c2ccccc2)[nH]1)C1CCN(Cc2ccccc2)CC1)S(C)(=O)=O. The zero-order valence-corrected chi connectivity index (χ0v) is 28.3. The number of likely N-dealkylation sites (tertiary alicyclic amines) is 1. The molecule has 14 heteroatoms. The number of carbonyl (C=O) groups excluding carboxylic acids is 1. The standard InChI is InChI=1S/C33H38N6O6S2/c1-33(2,3)45-32(40)39(46(4,41)42)29(24-15-18-37(19-16-24)22-23-11-7-5-8-12-23)30-35-27-21-34-31-26(28(27)36-30)17-20-38(31)47(43,44)25-13-9-6-10-14-25/h5-14,17,20-21,24,29H,15-16,18-19,22H2,1-4H3,(H,35,36). The van der Waals surface area contributed by atoms with Crippen LogP contribution >= 0.6 is 0 Å². The Balaban J connectivity index is 1.41. The largest absolute Gasteiger partial charge is 0.443 e. The van der Waals surface area contributed by atoms with Crippen LogP contribution in [0.15, 0.2) is 84.0 Å². The molecule has 1 atom stereocenters. The van der Waals surface area contributed by atoms with Crippen molar-refractivity contribution >= 4 is 48.2 Å². The van der Waals surface area contributed by atoms with Crippen LogP contribution in [0.2, 0.25) is 0 Å². The Labute approximate surface area is 274 Å². The highest BCUT2D eigenvalue weighted by Gasteiger charge is 2.43. The third kappa shape index (κ3) is 6.76. The first-order valence-electron chi connectivity index (χ1n) is 15.4. The van der Waals surface area contributed by atoms with Gasteiger partial charge in [-0.15, -0.1) is 0 Å². The molecule has 1 N–H and O–H groups in total. The van der Waals surface area contributed by atoms with Crippen molar-refractivity contribution in [2.45, 2.75) is 56.7 Å². The van der Waals surface area contributed by atoms with Crippen molar-refractivity contribution in [3.8, 4) is 0 Å². The smallest absolute Gasteiger partial charge is 0.424 e. The summed E-state index contributed by atoms with van der Waals surface area (Å²) in [5.41, 5.74) is 1.31. The molecule has 3 aromatic heterocycles. The molecule has 248 valence electrons. The maximum Gasteiger partial charge on any atom is 0.424 e. The third-order valence-corrected chi connectivity index (χ3v) is 11.0. The lowest BCUT2D eigenvalue weighted by molar-refractivity contribution is 0.0245. The second kappa shape index (κ2) is 12.4. The molecule has 4 heterocycles. The van der Waals surface area contributed by atoms with Crippen molar-refractivity contribution in [3.05, 3.63) is 90.5 Å². The van der Waals surface area contributed by atoms with E-state index in [0.29, 0.717) is 42.4 Å². The quantitative estimate of drug-likeness (QED) is 0.231. The van der Waals surface area contributed by atoms with Crippen LogP contribution in [0.4, 0.5) is 4.79 Å². The third-order valence-electron chi connectivity index (χ3n) is 8.24. The molecule has 0 radical (unpaired) electrons. The number of pyridine rings is 1. The van der Waals surface area contributed by atoms with Crippen LogP contribution in [-0.4, -0.2) is 76.0 Å². The Hall–Kier alpha value is -4.27. The average molecular weight is 679 g/mol. The number of imidazole rings is 1. The van der Waals surface area contributed by atoms with Gasteiger partial charge >= 0.3 is 6.09 Å². The van der Waals surface area contributed by atoms with Gasteiger partial charge in [0.05, 0.1) is 22.9 Å². The minimum absolute atomic E-state index is 0.113. The van der Waals surface area contributed by atoms with Gasteiger partial charge in [-0.1, -0.05) is 48.5 Å². The predicted molar refractivity (Wildman–Crippen MR) is 179 cm³/mol. The summed E-state index contributed by atoms with van der Waals surface area (Å²) in [7, 11) is -8.08. The van der Waals surface area contributed by atoms with Crippen molar-refractivity contribution in [2.24, 2.45) is 5.92 Å². The first kappa shape index (κ1) is 32.7. The zero-order chi connectivity index (χ0) is 33.6. The highest BCUT2D eigenvalue weighted by Crippen LogP contribution is 2.39. The molecule has 1 fully saturated rings. The molecule has 1 aliphatic heterocycles. The summed E-state index contributed by atoms with van der Waals surface area (Å²) < 4.78 is 61.2. The van der Waals surface area contributed by atoms with Crippen LogP contribution < -0.4 is 0 Å². The summed E-state index contributed by atoms with van der Waals surface area (Å²) in [5.74, 6) is -0.0258. The molecule has 1 aliphatic rings. The number of carbonyl (C=O) groups is 1. The first-order chi connectivity index (χ1) is 22.2. The number of nitrogens with one attached hydrogen (secondary N) is 1. The van der Waals surface area contributed by atoms with E-state index in [1.165, 1.54) is 30.1 Å². The molecular formula is C33H38N6O6S2. The molecular weight excluding hydrogens is 641 g/mol. The van der Waals surface area contributed by atoms with Gasteiger partial charge in [-0.05, 0) is 76.4 Å². The second-order valence-electron chi connectivity index (χ2n) is 12.9. The van der Waals surface area contributed by atoms with Crippen LogP contribution in [0.5, 0.6) is 0 Å². The van der Waals surface area contributed by atoms with Crippen LogP contribution in [0, 0.1) is 5.92 Å². The second-order valence-corrected chi connectivity index (χ2v) is 16.6. The normalized spacial score (nSPS) is 16.0. The number of sulfonamides is 1. The van der Waals surface area contributed by atoms with Crippen molar-refractivity contribution in [1.82, 2.24) is 28.1 Å². The summed E-state index contributed by atoms with van der Waals surface area (Å²) >= 11 is 0. The fourth-order valence-electron chi connectivity index (χ4n) is 6.14. The Morgan fingerprint density at radius 3 is 2.26 bits per heavy atom. The maximum absolute atomic E-state index is 13.6. The molecule has 0 saturated carbocycles. The zero-order valence-electron chi connectivity index (χ0n) is 26.7. The number of aromatic amines is 1. The summed E-state index contributed by atoms with van der Waals surface area (Å²) in [6, 6.07) is 18.8. The van der Waals surface area contributed by atoms with Gasteiger partial charge in [0.15, 0.2) is 5.65 Å². The van der Waals surface area contributed by atoms with Crippen molar-refractivity contribution in [3.63, 3.8) is 0 Å². The number of amides is 1. The minimum atomic E-state index is -4.13. The highest BCUT2D eigenvalue weighted by atomic mass is 32.2. The Bertz CT molecular complexity index is 2120. The Morgan fingerprint density at radius 1 is 1.00 bits per heavy atom. The molecule has 0 spiro atoms. The molecule has 1 saturated heterocycles. The van der Waals surface area contributed by atoms with Crippen molar-refractivity contribution in [2.75, 3.05) is 19.3 Å². The molecule has 6 rings (SSSR count). The van der Waals surface area contributed by atoms with E-state index in [1.807, 2.05) is 18.2 Å². The van der Waals surface area contributed by atoms with Gasteiger partial charge in [0.1, 0.15) is 23.0 Å². The minimum Gasteiger partial charge on any atom is -0.443 e. The van der Waals surface area contributed by atoms with Gasteiger partial charge in [-0.3, -0.25) is 4.90 Å². The Kier molecular flexibility index (Phi) is 8.61.